The number of aliphatic hydroxyl groups is 1. The quantitative estimate of drug-likeness (QED) is 0.440. The largest absolute Gasteiger partial charge is 0.396 e. The van der Waals surface area contributed by atoms with E-state index >= 15 is 0 Å². The predicted octanol–water partition coefficient (Wildman–Crippen LogP) is 2.62. The summed E-state index contributed by atoms with van der Waals surface area (Å²) in [6, 6.07) is 8.77. The zero-order valence-electron chi connectivity index (χ0n) is 15.7. The lowest BCUT2D eigenvalue weighted by Crippen LogP contribution is -2.24. The Morgan fingerprint density at radius 1 is 1.36 bits per heavy atom. The molecular weight excluding hydrogens is 380 g/mol. The van der Waals surface area contributed by atoms with Crippen LogP contribution >= 0.6 is 11.8 Å². The van der Waals surface area contributed by atoms with Gasteiger partial charge in [0, 0.05) is 19.2 Å². The minimum absolute atomic E-state index is 0.0342. The molecule has 0 unspecified atom stereocenters. The number of nitrogens with zero attached hydrogens (tertiary/aromatic N) is 3. The summed E-state index contributed by atoms with van der Waals surface area (Å²) in [5, 5.41) is 16.6. The van der Waals surface area contributed by atoms with Crippen LogP contribution in [0.3, 0.4) is 0 Å². The Bertz CT molecular complexity index is 1030. The van der Waals surface area contributed by atoms with Crippen molar-refractivity contribution >= 4 is 34.5 Å². The fourth-order valence-electron chi connectivity index (χ4n) is 2.61. The van der Waals surface area contributed by atoms with E-state index in [1.54, 1.807) is 24.3 Å². The van der Waals surface area contributed by atoms with E-state index < -0.39 is 0 Å². The molecular formula is C19H22N4O4S. The molecule has 0 bridgehead atoms. The van der Waals surface area contributed by atoms with Gasteiger partial charge in [-0.05, 0) is 24.5 Å². The monoisotopic (exact) mass is 402 g/mol. The molecule has 0 atom stereocenters. The van der Waals surface area contributed by atoms with E-state index in [0.29, 0.717) is 34.9 Å². The first-order valence-electron chi connectivity index (χ1n) is 8.99. The van der Waals surface area contributed by atoms with Crippen LogP contribution in [-0.2, 0) is 11.3 Å². The number of hydrogen-bond donors (Lipinski definition) is 2. The van der Waals surface area contributed by atoms with Crippen molar-refractivity contribution in [1.82, 2.24) is 14.7 Å². The fourth-order valence-corrected chi connectivity index (χ4v) is 3.43. The summed E-state index contributed by atoms with van der Waals surface area (Å²) in [7, 11) is 0. The number of rotatable bonds is 8. The predicted molar refractivity (Wildman–Crippen MR) is 108 cm³/mol. The second-order valence-corrected chi connectivity index (χ2v) is 7.50. The standard InChI is InChI=1S/C19H22N4O4S/c1-12(2)15-10-17(27-22-15)21-16(25)11-28-19-20-14-7-4-3-6-13(14)18(26)23(19)8-5-9-24/h3-4,6-7,10,12,24H,5,8-9,11H2,1-2H3,(H,21,25). The summed E-state index contributed by atoms with van der Waals surface area (Å²) in [5.41, 5.74) is 1.16. The van der Waals surface area contributed by atoms with Crippen LogP contribution in [0.25, 0.3) is 10.9 Å². The molecule has 0 radical (unpaired) electrons. The highest BCUT2D eigenvalue weighted by Gasteiger charge is 2.15. The van der Waals surface area contributed by atoms with Gasteiger partial charge < -0.3 is 9.63 Å². The maximum Gasteiger partial charge on any atom is 0.262 e. The zero-order valence-corrected chi connectivity index (χ0v) is 16.5. The molecule has 2 N–H and O–H groups in total. The third kappa shape index (κ3) is 4.60. The highest BCUT2D eigenvalue weighted by atomic mass is 32.2. The number of carbonyl (C=O) groups excluding carboxylic acids is 1. The first-order chi connectivity index (χ1) is 13.5. The van der Waals surface area contributed by atoms with Gasteiger partial charge in [-0.1, -0.05) is 42.9 Å². The Labute approximate surface area is 165 Å². The fraction of sp³-hybridized carbons (Fsp3) is 0.368. The Morgan fingerprint density at radius 2 is 2.14 bits per heavy atom. The third-order valence-corrected chi connectivity index (χ3v) is 5.06. The maximum absolute atomic E-state index is 12.8. The minimum Gasteiger partial charge on any atom is -0.396 e. The molecule has 1 amide bonds. The number of nitrogens with one attached hydrogen (secondary N) is 1. The van der Waals surface area contributed by atoms with E-state index in [4.69, 9.17) is 9.63 Å². The van der Waals surface area contributed by atoms with Crippen molar-refractivity contribution in [3.63, 3.8) is 0 Å². The normalized spacial score (nSPS) is 11.3. The number of para-hydroxylation sites is 1. The molecule has 2 aromatic heterocycles. The lowest BCUT2D eigenvalue weighted by atomic mass is 10.1. The van der Waals surface area contributed by atoms with Gasteiger partial charge in [0.15, 0.2) is 5.16 Å². The van der Waals surface area contributed by atoms with Crippen molar-refractivity contribution in [3.8, 4) is 0 Å². The molecule has 1 aromatic carbocycles. The summed E-state index contributed by atoms with van der Waals surface area (Å²) in [6.07, 6.45) is 0.426. The number of amides is 1. The van der Waals surface area contributed by atoms with Gasteiger partial charge in [-0.25, -0.2) is 4.98 Å². The molecule has 0 saturated heterocycles. The number of thioether (sulfide) groups is 1. The third-order valence-electron chi connectivity index (χ3n) is 4.08. The number of fused-ring (bicyclic) bond motifs is 1. The first kappa shape index (κ1) is 20.1. The summed E-state index contributed by atoms with van der Waals surface area (Å²) in [4.78, 5) is 29.5. The second kappa shape index (κ2) is 9.03. The van der Waals surface area contributed by atoms with Crippen LogP contribution in [0.2, 0.25) is 0 Å². The van der Waals surface area contributed by atoms with Crippen LogP contribution in [0, 0.1) is 0 Å². The van der Waals surface area contributed by atoms with E-state index in [1.165, 1.54) is 4.57 Å². The van der Waals surface area contributed by atoms with Crippen LogP contribution in [0.4, 0.5) is 5.88 Å². The van der Waals surface area contributed by atoms with Crippen molar-refractivity contribution < 1.29 is 14.4 Å². The summed E-state index contributed by atoms with van der Waals surface area (Å²) >= 11 is 1.16. The molecule has 2 heterocycles. The van der Waals surface area contributed by atoms with Crippen LogP contribution in [-0.4, -0.2) is 38.1 Å². The molecule has 3 rings (SSSR count). The SMILES string of the molecule is CC(C)c1cc(NC(=O)CSc2nc3ccccc3c(=O)n2CCCO)on1. The Balaban J connectivity index is 1.76. The molecule has 0 aliphatic heterocycles. The number of carbonyl (C=O) groups is 1. The average Bonchev–Trinajstić information content (AvgIpc) is 3.14. The highest BCUT2D eigenvalue weighted by molar-refractivity contribution is 7.99. The van der Waals surface area contributed by atoms with Gasteiger partial charge >= 0.3 is 0 Å². The summed E-state index contributed by atoms with van der Waals surface area (Å²) < 4.78 is 6.61. The van der Waals surface area contributed by atoms with Crippen LogP contribution < -0.4 is 10.9 Å². The number of aromatic nitrogens is 3. The smallest absolute Gasteiger partial charge is 0.262 e. The Hall–Kier alpha value is -2.65. The topological polar surface area (TPSA) is 110 Å². The van der Waals surface area contributed by atoms with E-state index in [9.17, 15) is 9.59 Å². The molecule has 0 spiro atoms. The zero-order chi connectivity index (χ0) is 20.1. The molecule has 148 valence electrons. The van der Waals surface area contributed by atoms with E-state index in [-0.39, 0.29) is 29.7 Å². The van der Waals surface area contributed by atoms with Gasteiger partial charge in [-0.15, -0.1) is 0 Å². The van der Waals surface area contributed by atoms with Gasteiger partial charge in [-0.2, -0.15) is 0 Å². The summed E-state index contributed by atoms with van der Waals surface area (Å²) in [6.45, 7) is 4.26. The minimum atomic E-state index is -0.285. The second-order valence-electron chi connectivity index (χ2n) is 6.55. The average molecular weight is 402 g/mol. The van der Waals surface area contributed by atoms with E-state index in [2.05, 4.69) is 15.5 Å². The molecule has 3 aromatic rings. The highest BCUT2D eigenvalue weighted by Crippen LogP contribution is 2.20. The first-order valence-corrected chi connectivity index (χ1v) is 9.98. The number of anilines is 1. The summed E-state index contributed by atoms with van der Waals surface area (Å²) in [5.74, 6) is 0.263. The molecule has 9 heteroatoms. The lowest BCUT2D eigenvalue weighted by Gasteiger charge is -2.12. The van der Waals surface area contributed by atoms with Crippen molar-refractivity contribution in [1.29, 1.82) is 0 Å². The van der Waals surface area contributed by atoms with Crippen molar-refractivity contribution in [2.24, 2.45) is 0 Å². The van der Waals surface area contributed by atoms with Gasteiger partial charge in [0.1, 0.15) is 0 Å². The molecule has 0 fully saturated rings. The molecule has 8 nitrogen and oxygen atoms in total. The molecule has 0 aliphatic rings. The van der Waals surface area contributed by atoms with Gasteiger partial charge in [0.2, 0.25) is 11.8 Å². The van der Waals surface area contributed by atoms with Crippen LogP contribution in [0.1, 0.15) is 31.9 Å². The van der Waals surface area contributed by atoms with Gasteiger partial charge in [0.25, 0.3) is 5.56 Å². The van der Waals surface area contributed by atoms with Crippen molar-refractivity contribution in [2.75, 3.05) is 17.7 Å². The van der Waals surface area contributed by atoms with E-state index in [0.717, 1.165) is 17.5 Å². The van der Waals surface area contributed by atoms with Crippen molar-refractivity contribution in [3.05, 3.63) is 46.4 Å². The number of benzene rings is 1. The Kier molecular flexibility index (Phi) is 6.48. The number of hydrogen-bond acceptors (Lipinski definition) is 7. The maximum atomic E-state index is 12.8. The molecule has 0 saturated carbocycles. The Morgan fingerprint density at radius 3 is 2.86 bits per heavy atom. The molecule has 28 heavy (non-hydrogen) atoms. The lowest BCUT2D eigenvalue weighted by molar-refractivity contribution is -0.113. The van der Waals surface area contributed by atoms with Gasteiger partial charge in [-0.3, -0.25) is 19.5 Å². The number of aliphatic hydroxyl groups excluding tert-OH is 1. The van der Waals surface area contributed by atoms with Crippen LogP contribution in [0.15, 0.2) is 44.8 Å². The van der Waals surface area contributed by atoms with E-state index in [1.807, 2.05) is 19.9 Å². The van der Waals surface area contributed by atoms with Gasteiger partial charge in [0.05, 0.1) is 22.3 Å². The molecule has 0 aliphatic carbocycles. The van der Waals surface area contributed by atoms with Crippen molar-refractivity contribution in [2.45, 2.75) is 37.9 Å². The van der Waals surface area contributed by atoms with Crippen LogP contribution in [0.5, 0.6) is 0 Å².